The Balaban J connectivity index is 3.84. The third-order valence-electron chi connectivity index (χ3n) is 3.27. The largest absolute Gasteiger partial charge is 0.478 e. The Morgan fingerprint density at radius 3 is 2.23 bits per heavy atom. The van der Waals surface area contributed by atoms with E-state index in [9.17, 15) is 31.9 Å². The van der Waals surface area contributed by atoms with E-state index >= 15 is 0 Å². The summed E-state index contributed by atoms with van der Waals surface area (Å²) in [5, 5.41) is 9.37. The van der Waals surface area contributed by atoms with E-state index in [-0.39, 0.29) is 24.5 Å². The fourth-order valence-electron chi connectivity index (χ4n) is 2.39. The van der Waals surface area contributed by atoms with Crippen molar-refractivity contribution in [1.29, 1.82) is 0 Å². The summed E-state index contributed by atoms with van der Waals surface area (Å²) in [7, 11) is 0. The van der Waals surface area contributed by atoms with Crippen LogP contribution in [-0.2, 0) is 17.3 Å². The molecule has 0 aromatic carbocycles. The summed E-state index contributed by atoms with van der Waals surface area (Å²) in [6, 6.07) is 0. The van der Waals surface area contributed by atoms with E-state index in [1.807, 2.05) is 0 Å². The van der Waals surface area contributed by atoms with Crippen molar-refractivity contribution in [2.45, 2.75) is 57.0 Å². The SMILES string of the molecule is CCOC(C)Sc1c(C(F)(F)F)nc(C(F)F)c(C(=O)O)c1CC(C)C. The van der Waals surface area contributed by atoms with Crippen LogP contribution in [0.5, 0.6) is 0 Å². The Morgan fingerprint density at radius 1 is 1.27 bits per heavy atom. The number of carboxylic acids is 1. The van der Waals surface area contributed by atoms with Gasteiger partial charge in [-0.05, 0) is 31.7 Å². The van der Waals surface area contributed by atoms with Gasteiger partial charge >= 0.3 is 12.1 Å². The van der Waals surface area contributed by atoms with Gasteiger partial charge in [-0.3, -0.25) is 0 Å². The standard InChI is InChI=1S/C16H20F5NO3S/c1-5-25-8(4)26-12-9(6-7(2)3)10(15(23)24)11(14(17)18)22-13(12)16(19,20)21/h7-8,14H,5-6H2,1-4H3,(H,23,24). The molecule has 1 atom stereocenters. The van der Waals surface area contributed by atoms with Crippen molar-refractivity contribution < 1.29 is 36.6 Å². The van der Waals surface area contributed by atoms with E-state index in [0.29, 0.717) is 11.8 Å². The molecule has 0 aliphatic heterocycles. The Kier molecular flexibility index (Phi) is 7.82. The molecule has 0 spiro atoms. The van der Waals surface area contributed by atoms with Crippen LogP contribution in [0.3, 0.4) is 0 Å². The number of pyridine rings is 1. The molecule has 1 N–H and O–H groups in total. The number of hydrogen-bond acceptors (Lipinski definition) is 4. The van der Waals surface area contributed by atoms with Crippen LogP contribution in [0.4, 0.5) is 22.0 Å². The van der Waals surface area contributed by atoms with E-state index < -0.39 is 45.9 Å². The van der Waals surface area contributed by atoms with Crippen LogP contribution in [-0.4, -0.2) is 28.1 Å². The van der Waals surface area contributed by atoms with Gasteiger partial charge in [0.1, 0.15) is 11.1 Å². The Morgan fingerprint density at radius 2 is 1.85 bits per heavy atom. The molecule has 1 rings (SSSR count). The van der Waals surface area contributed by atoms with E-state index in [2.05, 4.69) is 4.98 Å². The van der Waals surface area contributed by atoms with Crippen molar-refractivity contribution >= 4 is 17.7 Å². The van der Waals surface area contributed by atoms with Gasteiger partial charge in [0.05, 0.1) is 5.56 Å². The summed E-state index contributed by atoms with van der Waals surface area (Å²) < 4.78 is 72.2. The molecular formula is C16H20F5NO3S. The van der Waals surface area contributed by atoms with Crippen LogP contribution in [0.1, 0.15) is 61.4 Å². The molecule has 1 heterocycles. The van der Waals surface area contributed by atoms with E-state index in [0.717, 1.165) is 0 Å². The van der Waals surface area contributed by atoms with Crippen molar-refractivity contribution in [3.8, 4) is 0 Å². The maximum Gasteiger partial charge on any atom is 0.434 e. The number of hydrogen-bond donors (Lipinski definition) is 1. The summed E-state index contributed by atoms with van der Waals surface area (Å²) in [5.41, 5.74) is -4.78. The van der Waals surface area contributed by atoms with Crippen molar-refractivity contribution in [3.05, 3.63) is 22.5 Å². The molecule has 1 aromatic rings. The lowest BCUT2D eigenvalue weighted by atomic mass is 9.96. The molecule has 0 saturated heterocycles. The van der Waals surface area contributed by atoms with Crippen LogP contribution in [0.2, 0.25) is 0 Å². The number of ether oxygens (including phenoxy) is 1. The van der Waals surface area contributed by atoms with Crippen LogP contribution in [0.25, 0.3) is 0 Å². The lowest BCUT2D eigenvalue weighted by Crippen LogP contribution is -2.21. The zero-order valence-corrected chi connectivity index (χ0v) is 15.5. The summed E-state index contributed by atoms with van der Waals surface area (Å²) in [6.45, 7) is 6.68. The van der Waals surface area contributed by atoms with E-state index in [1.54, 1.807) is 20.8 Å². The minimum absolute atomic E-state index is 0.117. The number of aromatic nitrogens is 1. The molecule has 0 radical (unpaired) electrons. The second kappa shape index (κ2) is 8.98. The molecule has 148 valence electrons. The fourth-order valence-corrected chi connectivity index (χ4v) is 3.53. The summed E-state index contributed by atoms with van der Waals surface area (Å²) in [6.07, 6.45) is -8.58. The van der Waals surface area contributed by atoms with Gasteiger partial charge < -0.3 is 9.84 Å². The van der Waals surface area contributed by atoms with Crippen molar-refractivity contribution in [3.63, 3.8) is 0 Å². The number of carboxylic acid groups (broad SMARTS) is 1. The monoisotopic (exact) mass is 401 g/mol. The van der Waals surface area contributed by atoms with Crippen molar-refractivity contribution in [1.82, 2.24) is 4.98 Å². The second-order valence-corrected chi connectivity index (χ2v) is 7.18. The second-order valence-electron chi connectivity index (χ2n) is 5.87. The quantitative estimate of drug-likeness (QED) is 0.359. The van der Waals surface area contributed by atoms with Crippen molar-refractivity contribution in [2.75, 3.05) is 6.61 Å². The minimum Gasteiger partial charge on any atom is -0.478 e. The minimum atomic E-state index is -5.01. The van der Waals surface area contributed by atoms with E-state index in [1.165, 1.54) is 6.92 Å². The number of alkyl halides is 5. The molecule has 0 amide bonds. The molecule has 26 heavy (non-hydrogen) atoms. The maximum atomic E-state index is 13.5. The first-order chi connectivity index (χ1) is 11.9. The average Bonchev–Trinajstić information content (AvgIpc) is 2.46. The highest BCUT2D eigenvalue weighted by atomic mass is 32.2. The topological polar surface area (TPSA) is 59.4 Å². The predicted octanol–water partition coefficient (Wildman–Crippen LogP) is 5.41. The molecule has 0 fully saturated rings. The van der Waals surface area contributed by atoms with Gasteiger partial charge in [0.15, 0.2) is 5.69 Å². The zero-order valence-electron chi connectivity index (χ0n) is 14.7. The number of halogens is 5. The summed E-state index contributed by atoms with van der Waals surface area (Å²) >= 11 is 0.629. The van der Waals surface area contributed by atoms with E-state index in [4.69, 9.17) is 4.74 Å². The lowest BCUT2D eigenvalue weighted by Gasteiger charge is -2.23. The zero-order chi connectivity index (χ0) is 20.2. The third-order valence-corrected chi connectivity index (χ3v) is 4.41. The number of aromatic carboxylic acids is 1. The first kappa shape index (κ1) is 22.6. The number of thioether (sulfide) groups is 1. The molecule has 0 aliphatic rings. The van der Waals surface area contributed by atoms with Crippen LogP contribution in [0, 0.1) is 5.92 Å². The number of carbonyl (C=O) groups is 1. The fraction of sp³-hybridized carbons (Fsp3) is 0.625. The van der Waals surface area contributed by atoms with Gasteiger partial charge in [0.25, 0.3) is 6.43 Å². The number of nitrogens with zero attached hydrogens (tertiary/aromatic N) is 1. The lowest BCUT2D eigenvalue weighted by molar-refractivity contribution is -0.143. The molecule has 0 aliphatic carbocycles. The van der Waals surface area contributed by atoms with Crippen molar-refractivity contribution in [2.24, 2.45) is 5.92 Å². The van der Waals surface area contributed by atoms with Crippen LogP contribution >= 0.6 is 11.8 Å². The van der Waals surface area contributed by atoms with Gasteiger partial charge in [0.2, 0.25) is 0 Å². The first-order valence-corrected chi connectivity index (χ1v) is 8.71. The molecule has 4 nitrogen and oxygen atoms in total. The smallest absolute Gasteiger partial charge is 0.434 e. The highest BCUT2D eigenvalue weighted by Gasteiger charge is 2.41. The van der Waals surface area contributed by atoms with Crippen LogP contribution < -0.4 is 0 Å². The van der Waals surface area contributed by atoms with Gasteiger partial charge in [0, 0.05) is 11.5 Å². The Hall–Kier alpha value is -1.42. The van der Waals surface area contributed by atoms with Crippen LogP contribution in [0.15, 0.2) is 4.90 Å². The normalized spacial score (nSPS) is 13.5. The van der Waals surface area contributed by atoms with Gasteiger partial charge in [-0.25, -0.2) is 18.6 Å². The highest BCUT2D eigenvalue weighted by molar-refractivity contribution is 7.99. The molecule has 1 unspecified atom stereocenters. The highest BCUT2D eigenvalue weighted by Crippen LogP contribution is 2.43. The molecular weight excluding hydrogens is 381 g/mol. The third kappa shape index (κ3) is 5.54. The van der Waals surface area contributed by atoms with Gasteiger partial charge in [-0.1, -0.05) is 25.6 Å². The molecule has 1 aromatic heterocycles. The first-order valence-electron chi connectivity index (χ1n) is 7.83. The average molecular weight is 401 g/mol. The van der Waals surface area contributed by atoms with Gasteiger partial charge in [-0.2, -0.15) is 13.2 Å². The molecule has 0 bridgehead atoms. The maximum absolute atomic E-state index is 13.5. The molecule has 0 saturated carbocycles. The number of rotatable bonds is 8. The van der Waals surface area contributed by atoms with Gasteiger partial charge in [-0.15, -0.1) is 0 Å². The summed E-state index contributed by atoms with van der Waals surface area (Å²) in [4.78, 5) is 14.1. The molecule has 10 heteroatoms. The predicted molar refractivity (Wildman–Crippen MR) is 86.6 cm³/mol. The Bertz CT molecular complexity index is 650. The Labute approximate surface area is 152 Å². The summed E-state index contributed by atoms with van der Waals surface area (Å²) in [5.74, 6) is -1.99.